The van der Waals surface area contributed by atoms with Gasteiger partial charge in [-0.3, -0.25) is 14.9 Å². The first-order chi connectivity index (χ1) is 11.8. The Balaban J connectivity index is 2.62. The first-order valence-corrected chi connectivity index (χ1v) is 7.93. The van der Waals surface area contributed by atoms with Crippen molar-refractivity contribution in [1.82, 2.24) is 5.32 Å². The Kier molecular flexibility index (Phi) is 8.39. The van der Waals surface area contributed by atoms with Gasteiger partial charge in [-0.1, -0.05) is 11.6 Å². The number of nitro groups is 1. The lowest BCUT2D eigenvalue weighted by atomic mass is 10.2. The summed E-state index contributed by atoms with van der Waals surface area (Å²) < 4.78 is 5.37. The summed E-state index contributed by atoms with van der Waals surface area (Å²) in [5.41, 5.74) is -0.305. The zero-order valence-electron chi connectivity index (χ0n) is 13.9. The van der Waals surface area contributed by atoms with Crippen LogP contribution in [0.4, 0.5) is 11.4 Å². The van der Waals surface area contributed by atoms with Gasteiger partial charge < -0.3 is 15.4 Å². The molecule has 0 radical (unpaired) electrons. The SMILES string of the molecule is CC(C)OCCCN/C=C(/C#N)C(=O)Nc1ccc(Cl)c([N+](=O)[O-])c1. The third-order valence-corrected chi connectivity index (χ3v) is 3.25. The van der Waals surface area contributed by atoms with Crippen LogP contribution in [-0.2, 0) is 9.53 Å². The van der Waals surface area contributed by atoms with Gasteiger partial charge in [-0.25, -0.2) is 0 Å². The highest BCUT2D eigenvalue weighted by Crippen LogP contribution is 2.27. The van der Waals surface area contributed by atoms with Gasteiger partial charge >= 0.3 is 0 Å². The predicted molar refractivity (Wildman–Crippen MR) is 94.1 cm³/mol. The average Bonchev–Trinajstić information content (AvgIpc) is 2.55. The fourth-order valence-electron chi connectivity index (χ4n) is 1.74. The number of carbonyl (C=O) groups excluding carboxylic acids is 1. The third-order valence-electron chi connectivity index (χ3n) is 2.93. The van der Waals surface area contributed by atoms with Gasteiger partial charge in [0.05, 0.1) is 11.0 Å². The maximum atomic E-state index is 12.0. The zero-order chi connectivity index (χ0) is 18.8. The summed E-state index contributed by atoms with van der Waals surface area (Å²) in [6.45, 7) is 4.98. The van der Waals surface area contributed by atoms with E-state index in [0.29, 0.717) is 13.2 Å². The second kappa shape index (κ2) is 10.3. The molecule has 0 unspecified atom stereocenters. The Hall–Kier alpha value is -2.63. The van der Waals surface area contributed by atoms with Gasteiger partial charge in [-0.2, -0.15) is 5.26 Å². The molecule has 0 aromatic heterocycles. The molecular weight excluding hydrogens is 348 g/mol. The highest BCUT2D eigenvalue weighted by molar-refractivity contribution is 6.32. The standard InChI is InChI=1S/C16H19ClN4O4/c1-11(2)25-7-3-6-19-10-12(9-18)16(22)20-13-4-5-14(17)15(8-13)21(23)24/h4-5,8,10-11,19H,3,6-7H2,1-2H3,(H,20,22)/b12-10-. The summed E-state index contributed by atoms with van der Waals surface area (Å²) in [4.78, 5) is 22.2. The van der Waals surface area contributed by atoms with Crippen molar-refractivity contribution in [3.8, 4) is 6.07 Å². The molecule has 1 amide bonds. The first-order valence-electron chi connectivity index (χ1n) is 7.55. The minimum atomic E-state index is -0.676. The molecule has 0 spiro atoms. The lowest BCUT2D eigenvalue weighted by Crippen LogP contribution is -2.18. The lowest BCUT2D eigenvalue weighted by molar-refractivity contribution is -0.384. The van der Waals surface area contributed by atoms with Crippen molar-refractivity contribution in [2.75, 3.05) is 18.5 Å². The molecule has 8 nitrogen and oxygen atoms in total. The monoisotopic (exact) mass is 366 g/mol. The van der Waals surface area contributed by atoms with Gasteiger partial charge in [0.25, 0.3) is 11.6 Å². The van der Waals surface area contributed by atoms with Gasteiger partial charge in [-0.05, 0) is 32.4 Å². The largest absolute Gasteiger partial charge is 0.390 e. The summed E-state index contributed by atoms with van der Waals surface area (Å²) in [7, 11) is 0. The van der Waals surface area contributed by atoms with E-state index in [4.69, 9.17) is 21.6 Å². The molecule has 0 bridgehead atoms. The molecule has 1 aromatic rings. The smallest absolute Gasteiger partial charge is 0.289 e. The first kappa shape index (κ1) is 20.4. The topological polar surface area (TPSA) is 117 Å². The van der Waals surface area contributed by atoms with Crippen molar-refractivity contribution in [2.24, 2.45) is 0 Å². The van der Waals surface area contributed by atoms with Gasteiger partial charge in [-0.15, -0.1) is 0 Å². The second-order valence-corrected chi connectivity index (χ2v) is 5.68. The third kappa shape index (κ3) is 7.20. The number of carbonyl (C=O) groups is 1. The van der Waals surface area contributed by atoms with Crippen LogP contribution < -0.4 is 10.6 Å². The number of nitriles is 1. The van der Waals surface area contributed by atoms with E-state index >= 15 is 0 Å². The van der Waals surface area contributed by atoms with Crippen LogP contribution in [0.15, 0.2) is 30.0 Å². The van der Waals surface area contributed by atoms with E-state index in [0.717, 1.165) is 12.5 Å². The van der Waals surface area contributed by atoms with Gasteiger partial charge in [0, 0.05) is 31.1 Å². The molecule has 134 valence electrons. The molecule has 1 aromatic carbocycles. The van der Waals surface area contributed by atoms with Crippen molar-refractivity contribution in [1.29, 1.82) is 5.26 Å². The van der Waals surface area contributed by atoms with Crippen molar-refractivity contribution in [3.05, 3.63) is 45.1 Å². The van der Waals surface area contributed by atoms with E-state index in [1.54, 1.807) is 6.07 Å². The zero-order valence-corrected chi connectivity index (χ0v) is 14.7. The number of nitrogens with zero attached hydrogens (tertiary/aromatic N) is 2. The number of halogens is 1. The number of nitro benzene ring substituents is 1. The highest BCUT2D eigenvalue weighted by atomic mass is 35.5. The molecule has 0 aliphatic carbocycles. The quantitative estimate of drug-likeness (QED) is 0.228. The van der Waals surface area contributed by atoms with E-state index in [9.17, 15) is 14.9 Å². The van der Waals surface area contributed by atoms with Crippen LogP contribution in [0.1, 0.15) is 20.3 Å². The minimum absolute atomic E-state index is 0.0377. The van der Waals surface area contributed by atoms with E-state index in [1.807, 2.05) is 13.8 Å². The molecule has 0 aliphatic rings. The maximum Gasteiger partial charge on any atom is 0.289 e. The van der Waals surface area contributed by atoms with E-state index in [2.05, 4.69) is 10.6 Å². The van der Waals surface area contributed by atoms with Gasteiger partial charge in [0.1, 0.15) is 16.7 Å². The van der Waals surface area contributed by atoms with E-state index in [-0.39, 0.29) is 28.1 Å². The van der Waals surface area contributed by atoms with Crippen LogP contribution in [-0.4, -0.2) is 30.1 Å². The summed E-state index contributed by atoms with van der Waals surface area (Å²) in [6, 6.07) is 5.63. The predicted octanol–water partition coefficient (Wildman–Crippen LogP) is 3.00. The Morgan fingerprint density at radius 3 is 2.84 bits per heavy atom. The molecule has 1 rings (SSSR count). The number of hydrogen-bond donors (Lipinski definition) is 2. The van der Waals surface area contributed by atoms with Crippen molar-refractivity contribution < 1.29 is 14.5 Å². The average molecular weight is 367 g/mol. The van der Waals surface area contributed by atoms with Gasteiger partial charge in [0.2, 0.25) is 0 Å². The molecule has 0 fully saturated rings. The number of benzene rings is 1. The Morgan fingerprint density at radius 1 is 1.52 bits per heavy atom. The number of nitrogens with one attached hydrogen (secondary N) is 2. The number of amides is 1. The molecule has 9 heteroatoms. The Bertz CT molecular complexity index is 698. The Morgan fingerprint density at radius 2 is 2.24 bits per heavy atom. The fraction of sp³-hybridized carbons (Fsp3) is 0.375. The molecule has 0 atom stereocenters. The second-order valence-electron chi connectivity index (χ2n) is 5.27. The van der Waals surface area contributed by atoms with Crippen LogP contribution in [0.25, 0.3) is 0 Å². The van der Waals surface area contributed by atoms with Crippen LogP contribution in [0.2, 0.25) is 5.02 Å². The van der Waals surface area contributed by atoms with E-state index in [1.165, 1.54) is 18.3 Å². The van der Waals surface area contributed by atoms with Crippen molar-refractivity contribution >= 4 is 28.9 Å². The molecule has 0 saturated carbocycles. The lowest BCUT2D eigenvalue weighted by Gasteiger charge is -2.07. The van der Waals surface area contributed by atoms with Crippen LogP contribution >= 0.6 is 11.6 Å². The summed E-state index contributed by atoms with van der Waals surface area (Å²) in [5, 5.41) is 25.2. The molecule has 0 aliphatic heterocycles. The molecular formula is C16H19ClN4O4. The van der Waals surface area contributed by atoms with Crippen LogP contribution in [0.3, 0.4) is 0 Å². The summed E-state index contributed by atoms with van der Waals surface area (Å²) >= 11 is 5.71. The number of anilines is 1. The van der Waals surface area contributed by atoms with Gasteiger partial charge in [0.15, 0.2) is 0 Å². The summed E-state index contributed by atoms with van der Waals surface area (Å²) in [6.07, 6.45) is 2.17. The van der Waals surface area contributed by atoms with Crippen molar-refractivity contribution in [3.63, 3.8) is 0 Å². The van der Waals surface area contributed by atoms with Crippen LogP contribution in [0.5, 0.6) is 0 Å². The molecule has 0 heterocycles. The van der Waals surface area contributed by atoms with Crippen LogP contribution in [0, 0.1) is 21.4 Å². The summed E-state index contributed by atoms with van der Waals surface area (Å²) in [5.74, 6) is -0.676. The Labute approximate surface area is 150 Å². The fourth-order valence-corrected chi connectivity index (χ4v) is 1.93. The maximum absolute atomic E-state index is 12.0. The number of ether oxygens (including phenoxy) is 1. The minimum Gasteiger partial charge on any atom is -0.390 e. The normalized spacial score (nSPS) is 11.1. The number of hydrogen-bond acceptors (Lipinski definition) is 6. The molecule has 2 N–H and O–H groups in total. The van der Waals surface area contributed by atoms with Crippen molar-refractivity contribution in [2.45, 2.75) is 26.4 Å². The number of rotatable bonds is 9. The van der Waals surface area contributed by atoms with E-state index < -0.39 is 10.8 Å². The molecule has 25 heavy (non-hydrogen) atoms. The highest BCUT2D eigenvalue weighted by Gasteiger charge is 2.15. The molecule has 0 saturated heterocycles.